The average molecular weight is 301 g/mol. The Kier molecular flexibility index (Phi) is 7.78. The zero-order valence-electron chi connectivity index (χ0n) is 10.9. The van der Waals surface area contributed by atoms with E-state index in [1.165, 1.54) is 12.1 Å². The summed E-state index contributed by atoms with van der Waals surface area (Å²) in [5.74, 6) is 1.79. The molecule has 0 radical (unpaired) electrons. The molecule has 0 amide bonds. The molecule has 0 bridgehead atoms. The molecule has 0 fully saturated rings. The molecule has 1 rings (SSSR count). The molecular formula is C13H19NO3S2. The number of hydrogen-bond donors (Lipinski definition) is 2. The van der Waals surface area contributed by atoms with Crippen LogP contribution in [0, 0.1) is 0 Å². The molecule has 0 saturated carbocycles. The highest BCUT2D eigenvalue weighted by molar-refractivity contribution is 8.76. The fraction of sp³-hybridized carbons (Fsp3) is 0.462. The Morgan fingerprint density at radius 3 is 2.84 bits per heavy atom. The summed E-state index contributed by atoms with van der Waals surface area (Å²) >= 11 is 0. The van der Waals surface area contributed by atoms with Gasteiger partial charge in [0.1, 0.15) is 5.75 Å². The highest BCUT2D eigenvalue weighted by atomic mass is 33.1. The van der Waals surface area contributed by atoms with Crippen molar-refractivity contribution in [2.24, 2.45) is 0 Å². The predicted molar refractivity (Wildman–Crippen MR) is 82.9 cm³/mol. The lowest BCUT2D eigenvalue weighted by Crippen LogP contribution is -2.01. The van der Waals surface area contributed by atoms with Crippen LogP contribution in [0.15, 0.2) is 18.2 Å². The molecule has 19 heavy (non-hydrogen) atoms. The van der Waals surface area contributed by atoms with E-state index in [9.17, 15) is 9.90 Å². The maximum Gasteiger partial charge on any atom is 0.166 e. The van der Waals surface area contributed by atoms with Gasteiger partial charge in [0.25, 0.3) is 0 Å². The van der Waals surface area contributed by atoms with Gasteiger partial charge in [0.05, 0.1) is 12.2 Å². The monoisotopic (exact) mass is 301 g/mol. The summed E-state index contributed by atoms with van der Waals surface area (Å²) in [5, 5.41) is 9.61. The summed E-state index contributed by atoms with van der Waals surface area (Å²) < 4.78 is 4.94. The lowest BCUT2D eigenvalue weighted by Gasteiger charge is -2.05. The number of phenolic OH excluding ortho intramolecular Hbond substituents is 1. The van der Waals surface area contributed by atoms with Gasteiger partial charge in [0.2, 0.25) is 0 Å². The van der Waals surface area contributed by atoms with Crippen LogP contribution < -0.4 is 5.73 Å². The van der Waals surface area contributed by atoms with E-state index in [0.717, 1.165) is 24.5 Å². The first-order valence-electron chi connectivity index (χ1n) is 6.00. The van der Waals surface area contributed by atoms with Crippen LogP contribution in [-0.2, 0) is 4.74 Å². The van der Waals surface area contributed by atoms with Crippen LogP contribution in [0.5, 0.6) is 5.75 Å². The Bertz CT molecular complexity index is 413. The molecule has 0 atom stereocenters. The molecule has 0 saturated heterocycles. The Morgan fingerprint density at radius 1 is 1.37 bits per heavy atom. The molecule has 0 unspecified atom stereocenters. The van der Waals surface area contributed by atoms with E-state index >= 15 is 0 Å². The second kappa shape index (κ2) is 9.12. The normalized spacial score (nSPS) is 10.6. The number of carbonyl (C=O) groups excluding carboxylic acids is 1. The van der Waals surface area contributed by atoms with E-state index in [1.54, 1.807) is 34.8 Å². The summed E-state index contributed by atoms with van der Waals surface area (Å²) in [4.78, 5) is 11.9. The van der Waals surface area contributed by atoms with Gasteiger partial charge in [-0.15, -0.1) is 0 Å². The number of anilines is 1. The molecule has 1 aromatic rings. The molecule has 3 N–H and O–H groups in total. The maximum absolute atomic E-state index is 11.9. The van der Waals surface area contributed by atoms with Crippen LogP contribution in [0.1, 0.15) is 23.2 Å². The van der Waals surface area contributed by atoms with Crippen LogP contribution >= 0.6 is 21.6 Å². The second-order valence-electron chi connectivity index (χ2n) is 3.94. The molecule has 0 spiro atoms. The molecule has 4 nitrogen and oxygen atoms in total. The number of phenols is 1. The van der Waals surface area contributed by atoms with E-state index < -0.39 is 0 Å². The van der Waals surface area contributed by atoms with Gasteiger partial charge in [-0.2, -0.15) is 0 Å². The number of nitrogen functional groups attached to an aromatic ring is 1. The molecule has 0 aliphatic rings. The quantitative estimate of drug-likeness (QED) is 0.240. The topological polar surface area (TPSA) is 72.5 Å². The van der Waals surface area contributed by atoms with Crippen LogP contribution in [0.4, 0.5) is 5.69 Å². The van der Waals surface area contributed by atoms with Gasteiger partial charge in [-0.25, -0.2) is 0 Å². The van der Waals surface area contributed by atoms with Gasteiger partial charge in [-0.05, 0) is 24.6 Å². The van der Waals surface area contributed by atoms with Crippen LogP contribution in [0.3, 0.4) is 0 Å². The van der Waals surface area contributed by atoms with Crippen LogP contribution in [0.2, 0.25) is 0 Å². The molecule has 6 heteroatoms. The highest BCUT2D eigenvalue weighted by Gasteiger charge is 2.11. The van der Waals surface area contributed by atoms with E-state index in [4.69, 9.17) is 10.5 Å². The SMILES string of the molecule is COCCSSCCCC(=O)c1cc(N)ccc1O. The summed E-state index contributed by atoms with van der Waals surface area (Å²) in [5.41, 5.74) is 6.41. The van der Waals surface area contributed by atoms with Gasteiger partial charge >= 0.3 is 0 Å². The summed E-state index contributed by atoms with van der Waals surface area (Å²) in [7, 11) is 5.16. The number of nitrogens with two attached hydrogens (primary N) is 1. The van der Waals surface area contributed by atoms with Crippen molar-refractivity contribution in [3.05, 3.63) is 23.8 Å². The van der Waals surface area contributed by atoms with Crippen LogP contribution in [-0.4, -0.2) is 36.1 Å². The average Bonchev–Trinajstić information content (AvgIpc) is 2.40. The van der Waals surface area contributed by atoms with Crippen molar-refractivity contribution in [3.8, 4) is 5.75 Å². The smallest absolute Gasteiger partial charge is 0.166 e. The summed E-state index contributed by atoms with van der Waals surface area (Å²) in [6, 6.07) is 4.56. The molecule has 106 valence electrons. The second-order valence-corrected chi connectivity index (χ2v) is 6.64. The molecular weight excluding hydrogens is 282 g/mol. The van der Waals surface area contributed by atoms with Crippen molar-refractivity contribution >= 4 is 33.1 Å². The first-order chi connectivity index (χ1) is 9.15. The molecule has 0 heterocycles. The number of rotatable bonds is 9. The van der Waals surface area contributed by atoms with E-state index in [1.807, 2.05) is 0 Å². The standard InChI is InChI=1S/C13H19NO3S2/c1-17-6-8-19-18-7-2-3-12(15)11-9-10(14)4-5-13(11)16/h4-5,9,16H,2-3,6-8,14H2,1H3. The van der Waals surface area contributed by atoms with Crippen molar-refractivity contribution < 1.29 is 14.6 Å². The fourth-order valence-electron chi connectivity index (χ4n) is 1.44. The zero-order chi connectivity index (χ0) is 14.1. The predicted octanol–water partition coefficient (Wildman–Crippen LogP) is 2.97. The summed E-state index contributed by atoms with van der Waals surface area (Å²) in [6.07, 6.45) is 1.21. The summed E-state index contributed by atoms with van der Waals surface area (Å²) in [6.45, 7) is 0.744. The number of ketones is 1. The number of methoxy groups -OCH3 is 1. The third-order valence-electron chi connectivity index (χ3n) is 2.41. The van der Waals surface area contributed by atoms with Crippen molar-refractivity contribution in [2.45, 2.75) is 12.8 Å². The van der Waals surface area contributed by atoms with E-state index in [-0.39, 0.29) is 11.5 Å². The number of ether oxygens (including phenoxy) is 1. The van der Waals surface area contributed by atoms with E-state index in [2.05, 4.69) is 0 Å². The van der Waals surface area contributed by atoms with Gasteiger partial charge in [-0.1, -0.05) is 21.6 Å². The number of aromatic hydroxyl groups is 1. The van der Waals surface area contributed by atoms with Crippen molar-refractivity contribution in [1.29, 1.82) is 0 Å². The van der Waals surface area contributed by atoms with Crippen molar-refractivity contribution in [3.63, 3.8) is 0 Å². The number of Topliss-reactive ketones (excluding diaryl/α,β-unsaturated/α-hetero) is 1. The molecule has 1 aromatic carbocycles. The lowest BCUT2D eigenvalue weighted by molar-refractivity contribution is 0.0979. The van der Waals surface area contributed by atoms with E-state index in [0.29, 0.717) is 17.7 Å². The number of carbonyl (C=O) groups is 1. The number of benzene rings is 1. The third-order valence-corrected chi connectivity index (χ3v) is 4.86. The van der Waals surface area contributed by atoms with Crippen molar-refractivity contribution in [2.75, 3.05) is 31.0 Å². The van der Waals surface area contributed by atoms with Crippen LogP contribution in [0.25, 0.3) is 0 Å². The van der Waals surface area contributed by atoms with Crippen molar-refractivity contribution in [1.82, 2.24) is 0 Å². The minimum Gasteiger partial charge on any atom is -0.507 e. The zero-order valence-corrected chi connectivity index (χ0v) is 12.6. The minimum atomic E-state index is -0.0627. The Balaban J connectivity index is 2.26. The third kappa shape index (κ3) is 6.22. The van der Waals surface area contributed by atoms with Gasteiger partial charge in [-0.3, -0.25) is 4.79 Å². The van der Waals surface area contributed by atoms with Gasteiger partial charge in [0.15, 0.2) is 5.78 Å². The first-order valence-corrected chi connectivity index (χ1v) is 8.49. The minimum absolute atomic E-state index is 0.00122. The number of hydrogen-bond acceptors (Lipinski definition) is 6. The molecule has 0 aromatic heterocycles. The fourth-order valence-corrected chi connectivity index (χ4v) is 3.44. The van der Waals surface area contributed by atoms with Gasteiger partial charge < -0.3 is 15.6 Å². The molecule has 0 aliphatic heterocycles. The first kappa shape index (κ1) is 16.2. The Morgan fingerprint density at radius 2 is 2.11 bits per heavy atom. The maximum atomic E-state index is 11.9. The molecule has 0 aliphatic carbocycles. The lowest BCUT2D eigenvalue weighted by atomic mass is 10.1. The Hall–Kier alpha value is -0.850. The van der Waals surface area contributed by atoms with Gasteiger partial charge in [0, 0.05) is 30.7 Å². The highest BCUT2D eigenvalue weighted by Crippen LogP contribution is 2.24. The Labute approximate surface area is 121 Å². The largest absolute Gasteiger partial charge is 0.507 e.